The minimum Gasteiger partial charge on any atom is -0.408 e. The van der Waals surface area contributed by atoms with Crippen LogP contribution >= 0.6 is 0 Å². The fourth-order valence-electron chi connectivity index (χ4n) is 1.93. The smallest absolute Gasteiger partial charge is 0.318 e. The lowest BCUT2D eigenvalue weighted by atomic mass is 10.2. The number of hydrogen-bond donors (Lipinski definition) is 1. The van der Waals surface area contributed by atoms with Crippen LogP contribution in [-0.4, -0.2) is 42.5 Å². The number of rotatable bonds is 3. The highest BCUT2D eigenvalue weighted by molar-refractivity contribution is 5.30. The quantitative estimate of drug-likeness (QED) is 0.794. The molecular weight excluding hydrogens is 199 g/mol. The van der Waals surface area contributed by atoms with Crippen molar-refractivity contribution in [1.82, 2.24) is 15.5 Å². The summed E-state index contributed by atoms with van der Waals surface area (Å²) < 4.78 is 18.6. The van der Waals surface area contributed by atoms with Crippen molar-refractivity contribution >= 4 is 6.01 Å². The Bertz CT molecular complexity index is 330. The molecule has 1 aliphatic rings. The van der Waals surface area contributed by atoms with Gasteiger partial charge in [0.25, 0.3) is 0 Å². The minimum atomic E-state index is -0.810. The predicted octanol–water partition coefficient (Wildman–Crippen LogP) is 0.514. The molecule has 1 aromatic rings. The zero-order valence-electron chi connectivity index (χ0n) is 8.90. The number of nitrogens with zero attached hydrogens (tertiary/aromatic N) is 3. The summed E-state index contributed by atoms with van der Waals surface area (Å²) in [6, 6.07) is 0.526. The molecule has 0 bridgehead atoms. The third-order valence-electron chi connectivity index (χ3n) is 2.56. The molecule has 84 valence electrons. The Morgan fingerprint density at radius 1 is 1.60 bits per heavy atom. The van der Waals surface area contributed by atoms with Gasteiger partial charge in [0, 0.05) is 25.9 Å². The number of aromatic nitrogens is 2. The molecular formula is C9H15FN4O. The molecule has 0 aromatic carbocycles. The molecule has 2 atom stereocenters. The van der Waals surface area contributed by atoms with Crippen LogP contribution in [0.25, 0.3) is 0 Å². The Kier molecular flexibility index (Phi) is 2.86. The Labute approximate surface area is 87.7 Å². The maximum Gasteiger partial charge on any atom is 0.318 e. The minimum absolute atomic E-state index is 0.102. The average molecular weight is 214 g/mol. The molecule has 2 heterocycles. The topological polar surface area (TPSA) is 54.2 Å². The second-order valence-electron chi connectivity index (χ2n) is 3.80. The van der Waals surface area contributed by atoms with Gasteiger partial charge in [-0.05, 0) is 7.05 Å². The highest BCUT2D eigenvalue weighted by atomic mass is 19.1. The van der Waals surface area contributed by atoms with Gasteiger partial charge in [0.1, 0.15) is 6.17 Å². The van der Waals surface area contributed by atoms with E-state index in [-0.39, 0.29) is 6.04 Å². The van der Waals surface area contributed by atoms with Crippen molar-refractivity contribution in [1.29, 1.82) is 0 Å². The third kappa shape index (κ3) is 2.09. The molecule has 0 saturated carbocycles. The van der Waals surface area contributed by atoms with Gasteiger partial charge in [-0.2, -0.15) is 0 Å². The normalized spacial score (nSPS) is 26.2. The molecule has 1 aromatic heterocycles. The second kappa shape index (κ2) is 4.14. The molecule has 1 N–H and O–H groups in total. The number of halogens is 1. The van der Waals surface area contributed by atoms with Crippen LogP contribution in [0.3, 0.4) is 0 Å². The largest absolute Gasteiger partial charge is 0.408 e. The van der Waals surface area contributed by atoms with Crippen molar-refractivity contribution in [2.75, 3.05) is 25.0 Å². The summed E-state index contributed by atoms with van der Waals surface area (Å²) in [7, 11) is 1.85. The number of likely N-dealkylation sites (N-methyl/N-ethyl adjacent to an activating group) is 1. The van der Waals surface area contributed by atoms with Crippen molar-refractivity contribution in [3.63, 3.8) is 0 Å². The molecule has 5 nitrogen and oxygen atoms in total. The van der Waals surface area contributed by atoms with E-state index in [4.69, 9.17) is 4.42 Å². The van der Waals surface area contributed by atoms with Crippen molar-refractivity contribution < 1.29 is 8.81 Å². The van der Waals surface area contributed by atoms with Crippen molar-refractivity contribution in [3.8, 4) is 0 Å². The van der Waals surface area contributed by atoms with Gasteiger partial charge >= 0.3 is 6.01 Å². The zero-order chi connectivity index (χ0) is 10.8. The highest BCUT2D eigenvalue weighted by Gasteiger charge is 2.34. The summed E-state index contributed by atoms with van der Waals surface area (Å²) in [5.74, 6) is 0.510. The number of aryl methyl sites for hydroxylation is 1. The molecule has 0 amide bonds. The Hall–Kier alpha value is -1.17. The fourth-order valence-corrected chi connectivity index (χ4v) is 1.93. The molecule has 1 aliphatic heterocycles. The molecule has 0 radical (unpaired) electrons. The van der Waals surface area contributed by atoms with Crippen LogP contribution in [0.4, 0.5) is 10.4 Å². The van der Waals surface area contributed by atoms with Gasteiger partial charge < -0.3 is 14.6 Å². The third-order valence-corrected chi connectivity index (χ3v) is 2.56. The van der Waals surface area contributed by atoms with E-state index in [0.717, 1.165) is 6.54 Å². The van der Waals surface area contributed by atoms with Gasteiger partial charge in [0.2, 0.25) is 5.89 Å². The lowest BCUT2D eigenvalue weighted by molar-refractivity contribution is 0.355. The van der Waals surface area contributed by atoms with E-state index < -0.39 is 6.17 Å². The van der Waals surface area contributed by atoms with Crippen LogP contribution in [0.15, 0.2) is 4.42 Å². The lowest BCUT2D eigenvalue weighted by Gasteiger charge is -2.21. The zero-order valence-corrected chi connectivity index (χ0v) is 8.90. The first kappa shape index (κ1) is 10.4. The first-order chi connectivity index (χ1) is 7.20. The molecule has 0 unspecified atom stereocenters. The van der Waals surface area contributed by atoms with Gasteiger partial charge in [0.05, 0.1) is 6.54 Å². The monoisotopic (exact) mass is 214 g/mol. The van der Waals surface area contributed by atoms with E-state index in [1.165, 1.54) is 0 Å². The Morgan fingerprint density at radius 2 is 2.40 bits per heavy atom. The van der Waals surface area contributed by atoms with E-state index in [2.05, 4.69) is 15.5 Å². The fraction of sp³-hybridized carbons (Fsp3) is 0.778. The maximum atomic E-state index is 13.3. The highest BCUT2D eigenvalue weighted by Crippen LogP contribution is 2.25. The summed E-state index contributed by atoms with van der Waals surface area (Å²) in [6.07, 6.45) is -0.294. The Balaban J connectivity index is 2.12. The summed E-state index contributed by atoms with van der Waals surface area (Å²) in [5, 5.41) is 10.7. The predicted molar refractivity (Wildman–Crippen MR) is 53.6 cm³/mol. The van der Waals surface area contributed by atoms with E-state index in [9.17, 15) is 4.39 Å². The van der Waals surface area contributed by atoms with Crippen LogP contribution in [0, 0.1) is 6.92 Å². The number of alkyl halides is 1. The summed E-state index contributed by atoms with van der Waals surface area (Å²) in [6.45, 7) is 2.79. The molecule has 1 saturated heterocycles. The molecule has 1 fully saturated rings. The van der Waals surface area contributed by atoms with E-state index in [1.54, 1.807) is 6.92 Å². The molecule has 0 spiro atoms. The average Bonchev–Trinajstić information content (AvgIpc) is 2.73. The molecule has 2 rings (SSSR count). The SMILES string of the molecule is CNC[C@@H]1C[C@@H](F)CN1c1nnc(C)o1. The Morgan fingerprint density at radius 3 is 3.00 bits per heavy atom. The van der Waals surface area contributed by atoms with Gasteiger partial charge in [0.15, 0.2) is 0 Å². The van der Waals surface area contributed by atoms with Gasteiger partial charge in [-0.25, -0.2) is 4.39 Å². The van der Waals surface area contributed by atoms with E-state index in [0.29, 0.717) is 24.9 Å². The molecule has 6 heteroatoms. The van der Waals surface area contributed by atoms with Gasteiger partial charge in [-0.15, -0.1) is 5.10 Å². The number of hydrogen-bond acceptors (Lipinski definition) is 5. The lowest BCUT2D eigenvalue weighted by Crippen LogP contribution is -2.37. The first-order valence-electron chi connectivity index (χ1n) is 5.06. The second-order valence-corrected chi connectivity index (χ2v) is 3.80. The van der Waals surface area contributed by atoms with E-state index >= 15 is 0 Å². The van der Waals surface area contributed by atoms with Crippen LogP contribution < -0.4 is 10.2 Å². The van der Waals surface area contributed by atoms with Gasteiger partial charge in [-0.3, -0.25) is 0 Å². The van der Waals surface area contributed by atoms with Crippen LogP contribution in [-0.2, 0) is 0 Å². The number of nitrogens with one attached hydrogen (secondary N) is 1. The van der Waals surface area contributed by atoms with Crippen molar-refractivity contribution in [3.05, 3.63) is 5.89 Å². The van der Waals surface area contributed by atoms with Crippen LogP contribution in [0.1, 0.15) is 12.3 Å². The first-order valence-corrected chi connectivity index (χ1v) is 5.06. The summed E-state index contributed by atoms with van der Waals surface area (Å²) in [5.41, 5.74) is 0. The maximum absolute atomic E-state index is 13.3. The van der Waals surface area contributed by atoms with Crippen molar-refractivity contribution in [2.45, 2.75) is 25.6 Å². The standard InChI is InChI=1S/C9H15FN4O/c1-6-12-13-9(15-6)14-5-7(10)3-8(14)4-11-2/h7-8,11H,3-5H2,1-2H3/t7-,8+/m1/s1. The molecule has 15 heavy (non-hydrogen) atoms. The van der Waals surface area contributed by atoms with Crippen LogP contribution in [0.5, 0.6) is 0 Å². The van der Waals surface area contributed by atoms with E-state index in [1.807, 2.05) is 11.9 Å². The summed E-state index contributed by atoms with van der Waals surface area (Å²) in [4.78, 5) is 1.83. The van der Waals surface area contributed by atoms with Gasteiger partial charge in [-0.1, -0.05) is 5.10 Å². The summed E-state index contributed by atoms with van der Waals surface area (Å²) >= 11 is 0. The molecule has 0 aliphatic carbocycles. The van der Waals surface area contributed by atoms with Crippen molar-refractivity contribution in [2.24, 2.45) is 0 Å². The van der Waals surface area contributed by atoms with Crippen LogP contribution in [0.2, 0.25) is 0 Å². The number of anilines is 1.